The number of thiophene rings is 1. The van der Waals surface area contributed by atoms with E-state index in [1.54, 1.807) is 19.1 Å². The maximum Gasteiger partial charge on any atom is 0.255 e. The van der Waals surface area contributed by atoms with Crippen LogP contribution in [0.3, 0.4) is 0 Å². The predicted octanol–water partition coefficient (Wildman–Crippen LogP) is 3.31. The molecule has 1 fully saturated rings. The molecule has 0 spiro atoms. The van der Waals surface area contributed by atoms with Crippen LogP contribution in [0.1, 0.15) is 22.8 Å². The Labute approximate surface area is 177 Å². The lowest BCUT2D eigenvalue weighted by molar-refractivity contribution is 0.102. The van der Waals surface area contributed by atoms with Crippen LogP contribution in [-0.2, 0) is 15.6 Å². The topological polar surface area (TPSA) is 102 Å². The van der Waals surface area contributed by atoms with Crippen LogP contribution >= 0.6 is 11.3 Å². The number of fused-ring (bicyclic) bond motifs is 1. The minimum absolute atomic E-state index is 0.191. The normalized spacial score (nSPS) is 20.8. The molecule has 0 aliphatic carbocycles. The van der Waals surface area contributed by atoms with Crippen LogP contribution < -0.4 is 10.6 Å². The number of sulfonamides is 1. The van der Waals surface area contributed by atoms with Gasteiger partial charge in [0.2, 0.25) is 16.0 Å². The van der Waals surface area contributed by atoms with E-state index in [9.17, 15) is 17.6 Å². The van der Waals surface area contributed by atoms with Crippen LogP contribution in [0.15, 0.2) is 47.8 Å². The van der Waals surface area contributed by atoms with Crippen molar-refractivity contribution in [2.75, 3.05) is 18.1 Å². The molecule has 2 heterocycles. The van der Waals surface area contributed by atoms with Crippen molar-refractivity contribution in [3.63, 3.8) is 0 Å². The summed E-state index contributed by atoms with van der Waals surface area (Å²) in [6, 6.07) is 10.6. The Bertz CT molecular complexity index is 1270. The van der Waals surface area contributed by atoms with E-state index < -0.39 is 21.4 Å². The van der Waals surface area contributed by atoms with Crippen molar-refractivity contribution in [1.82, 2.24) is 9.62 Å². The molecule has 0 unspecified atom stereocenters. The van der Waals surface area contributed by atoms with E-state index in [-0.39, 0.29) is 17.6 Å². The first-order valence-electron chi connectivity index (χ1n) is 9.01. The second-order valence-corrected chi connectivity index (χ2v) is 10.3. The van der Waals surface area contributed by atoms with Crippen LogP contribution in [0.5, 0.6) is 0 Å². The molecule has 0 saturated carbocycles. The molecule has 0 bridgehead atoms. The standard InChI is InChI=1S/C20H19FN4O3S2/c1-20(11-30(27,28)25(2)19(22)24-20)16-10-29-17-8-7-14(9-15(16)17)23-18(26)12-3-5-13(21)6-4-12/h3-10H,11H2,1-2H3,(H2,22,24)(H,23,26)/t20-/m0/s1. The molecule has 30 heavy (non-hydrogen) atoms. The summed E-state index contributed by atoms with van der Waals surface area (Å²) in [4.78, 5) is 12.5. The van der Waals surface area contributed by atoms with Crippen molar-refractivity contribution in [1.29, 1.82) is 5.41 Å². The van der Waals surface area contributed by atoms with Gasteiger partial charge in [-0.15, -0.1) is 11.3 Å². The summed E-state index contributed by atoms with van der Waals surface area (Å²) >= 11 is 1.46. The van der Waals surface area contributed by atoms with Crippen molar-refractivity contribution in [2.45, 2.75) is 12.5 Å². The molecule has 1 aliphatic rings. The fourth-order valence-corrected chi connectivity index (χ4v) is 6.01. The molecule has 1 aliphatic heterocycles. The summed E-state index contributed by atoms with van der Waals surface area (Å²) in [6.07, 6.45) is 0. The number of hydrogen-bond acceptors (Lipinski definition) is 5. The molecule has 7 nitrogen and oxygen atoms in total. The second-order valence-electron chi connectivity index (χ2n) is 7.35. The Balaban J connectivity index is 1.69. The average molecular weight is 447 g/mol. The van der Waals surface area contributed by atoms with E-state index in [1.165, 1.54) is 42.6 Å². The summed E-state index contributed by atoms with van der Waals surface area (Å²) in [7, 11) is -2.28. The van der Waals surface area contributed by atoms with Gasteiger partial charge < -0.3 is 10.6 Å². The molecular formula is C20H19FN4O3S2. The van der Waals surface area contributed by atoms with Crippen molar-refractivity contribution in [2.24, 2.45) is 0 Å². The van der Waals surface area contributed by atoms with Gasteiger partial charge in [-0.3, -0.25) is 10.2 Å². The Morgan fingerprint density at radius 2 is 1.97 bits per heavy atom. The summed E-state index contributed by atoms with van der Waals surface area (Å²) in [6.45, 7) is 1.75. The number of hydrogen-bond donors (Lipinski definition) is 3. The Morgan fingerprint density at radius 1 is 1.27 bits per heavy atom. The van der Waals surface area contributed by atoms with E-state index >= 15 is 0 Å². The summed E-state index contributed by atoms with van der Waals surface area (Å²) in [5, 5.41) is 16.5. The van der Waals surface area contributed by atoms with Crippen molar-refractivity contribution in [3.8, 4) is 0 Å². The third-order valence-electron chi connectivity index (χ3n) is 5.13. The lowest BCUT2D eigenvalue weighted by Crippen LogP contribution is -2.60. The van der Waals surface area contributed by atoms with E-state index in [1.807, 2.05) is 11.4 Å². The number of halogens is 1. The zero-order valence-corrected chi connectivity index (χ0v) is 17.8. The van der Waals surface area contributed by atoms with Gasteiger partial charge in [0.05, 0.1) is 11.3 Å². The quantitative estimate of drug-likeness (QED) is 0.574. The van der Waals surface area contributed by atoms with Gasteiger partial charge in [-0.05, 0) is 60.3 Å². The molecule has 1 amide bonds. The van der Waals surface area contributed by atoms with Gasteiger partial charge in [-0.25, -0.2) is 17.1 Å². The molecule has 10 heteroatoms. The van der Waals surface area contributed by atoms with Gasteiger partial charge in [0, 0.05) is 28.4 Å². The Morgan fingerprint density at radius 3 is 2.63 bits per heavy atom. The largest absolute Gasteiger partial charge is 0.345 e. The van der Waals surface area contributed by atoms with Gasteiger partial charge in [0.25, 0.3) is 5.91 Å². The van der Waals surface area contributed by atoms with E-state index in [0.29, 0.717) is 11.3 Å². The van der Waals surface area contributed by atoms with Gasteiger partial charge in [0.15, 0.2) is 0 Å². The molecule has 1 saturated heterocycles. The lowest BCUT2D eigenvalue weighted by Gasteiger charge is -2.39. The fraction of sp³-hybridized carbons (Fsp3) is 0.200. The molecule has 4 rings (SSSR count). The number of nitrogens with zero attached hydrogens (tertiary/aromatic N) is 1. The molecule has 2 aromatic carbocycles. The molecule has 0 radical (unpaired) electrons. The van der Waals surface area contributed by atoms with Gasteiger partial charge in [-0.1, -0.05) is 0 Å². The van der Waals surface area contributed by atoms with Crippen LogP contribution in [0.4, 0.5) is 10.1 Å². The summed E-state index contributed by atoms with van der Waals surface area (Å²) in [5.74, 6) is -1.19. The van der Waals surface area contributed by atoms with Crippen molar-refractivity contribution < 1.29 is 17.6 Å². The molecule has 3 N–H and O–H groups in total. The van der Waals surface area contributed by atoms with E-state index in [4.69, 9.17) is 5.41 Å². The van der Waals surface area contributed by atoms with Gasteiger partial charge in [0.1, 0.15) is 5.82 Å². The smallest absolute Gasteiger partial charge is 0.255 e. The predicted molar refractivity (Wildman–Crippen MR) is 116 cm³/mol. The third kappa shape index (κ3) is 3.52. The van der Waals surface area contributed by atoms with Crippen LogP contribution in [0.25, 0.3) is 10.1 Å². The highest BCUT2D eigenvalue weighted by Crippen LogP contribution is 2.37. The summed E-state index contributed by atoms with van der Waals surface area (Å²) in [5.41, 5.74) is 0.610. The minimum Gasteiger partial charge on any atom is -0.345 e. The number of nitrogens with one attached hydrogen (secondary N) is 3. The molecule has 1 aromatic heterocycles. The van der Waals surface area contributed by atoms with E-state index in [0.717, 1.165) is 20.0 Å². The van der Waals surface area contributed by atoms with Crippen LogP contribution in [-0.4, -0.2) is 37.4 Å². The zero-order chi connectivity index (χ0) is 21.7. The number of carbonyl (C=O) groups excluding carboxylic acids is 1. The maximum absolute atomic E-state index is 13.1. The second kappa shape index (κ2) is 7.06. The van der Waals surface area contributed by atoms with Crippen LogP contribution in [0.2, 0.25) is 0 Å². The Hall–Kier alpha value is -2.98. The molecule has 3 aromatic rings. The average Bonchev–Trinajstić information content (AvgIpc) is 3.10. The highest BCUT2D eigenvalue weighted by Gasteiger charge is 2.43. The highest BCUT2D eigenvalue weighted by atomic mass is 32.2. The lowest BCUT2D eigenvalue weighted by atomic mass is 9.93. The number of anilines is 1. The third-order valence-corrected chi connectivity index (χ3v) is 8.05. The first kappa shape index (κ1) is 20.3. The monoisotopic (exact) mass is 446 g/mol. The van der Waals surface area contributed by atoms with Gasteiger partial charge >= 0.3 is 0 Å². The van der Waals surface area contributed by atoms with Crippen LogP contribution in [0, 0.1) is 11.2 Å². The fourth-order valence-electron chi connectivity index (χ4n) is 3.46. The summed E-state index contributed by atoms with van der Waals surface area (Å²) < 4.78 is 39.9. The zero-order valence-electron chi connectivity index (χ0n) is 16.2. The minimum atomic E-state index is -3.63. The van der Waals surface area contributed by atoms with Crippen molar-refractivity contribution >= 4 is 49.0 Å². The number of benzene rings is 2. The number of rotatable bonds is 3. The number of amides is 1. The van der Waals surface area contributed by atoms with Gasteiger partial charge in [-0.2, -0.15) is 0 Å². The maximum atomic E-state index is 13.1. The number of carbonyl (C=O) groups is 1. The SMILES string of the molecule is CN1C(=N)N[C@](C)(c2csc3ccc(NC(=O)c4ccc(F)cc4)cc23)CS1(=O)=O. The molecule has 156 valence electrons. The molecule has 1 atom stereocenters. The highest BCUT2D eigenvalue weighted by molar-refractivity contribution is 7.89. The van der Waals surface area contributed by atoms with E-state index in [2.05, 4.69) is 10.6 Å². The Kier molecular flexibility index (Phi) is 4.78. The van der Waals surface area contributed by atoms with Crippen molar-refractivity contribution in [3.05, 3.63) is 64.8 Å². The first-order valence-corrected chi connectivity index (χ1v) is 11.5. The number of guanidine groups is 1. The first-order chi connectivity index (χ1) is 14.1. The molecular weight excluding hydrogens is 427 g/mol.